The molecule has 0 aromatic heterocycles. The predicted molar refractivity (Wildman–Crippen MR) is 64.8 cm³/mol. The van der Waals surface area contributed by atoms with Crippen molar-refractivity contribution in [2.24, 2.45) is 0 Å². The molecule has 0 fully saturated rings. The maximum absolute atomic E-state index is 11.8. The van der Waals surface area contributed by atoms with E-state index in [1.165, 1.54) is 13.8 Å². The number of ether oxygens (including phenoxy) is 2. The van der Waals surface area contributed by atoms with Crippen LogP contribution in [0.5, 0.6) is 0 Å². The summed E-state index contributed by atoms with van der Waals surface area (Å²) >= 11 is 0. The second kappa shape index (κ2) is 6.37. The van der Waals surface area contributed by atoms with Crippen LogP contribution in [0.25, 0.3) is 0 Å². The van der Waals surface area contributed by atoms with Gasteiger partial charge in [-0.1, -0.05) is 0 Å². The van der Waals surface area contributed by atoms with Gasteiger partial charge in [-0.05, 0) is 34.6 Å². The van der Waals surface area contributed by atoms with Crippen LogP contribution < -0.4 is 0 Å². The molecule has 0 aliphatic carbocycles. The van der Waals surface area contributed by atoms with Gasteiger partial charge in [0.2, 0.25) is 5.91 Å². The molecule has 6 nitrogen and oxygen atoms in total. The second-order valence-electron chi connectivity index (χ2n) is 4.80. The first-order valence-electron chi connectivity index (χ1n) is 5.79. The first-order chi connectivity index (χ1) is 8.10. The SMILES string of the molecule is CCOC(=O)C(C)N(C(C)=O)C(=O)OC(C)(C)C. The molecule has 0 heterocycles. The summed E-state index contributed by atoms with van der Waals surface area (Å²) in [5.41, 5.74) is -0.737. The van der Waals surface area contributed by atoms with Gasteiger partial charge in [-0.15, -0.1) is 0 Å². The lowest BCUT2D eigenvalue weighted by molar-refractivity contribution is -0.152. The topological polar surface area (TPSA) is 72.9 Å². The minimum absolute atomic E-state index is 0.184. The quantitative estimate of drug-likeness (QED) is 0.721. The molecular formula is C12H21NO5. The van der Waals surface area contributed by atoms with Crippen LogP contribution in [0.4, 0.5) is 4.79 Å². The fraction of sp³-hybridized carbons (Fsp3) is 0.750. The highest BCUT2D eigenvalue weighted by molar-refractivity contribution is 5.95. The van der Waals surface area contributed by atoms with Crippen molar-refractivity contribution in [1.82, 2.24) is 4.90 Å². The maximum atomic E-state index is 11.8. The zero-order valence-electron chi connectivity index (χ0n) is 11.8. The van der Waals surface area contributed by atoms with Crippen molar-refractivity contribution < 1.29 is 23.9 Å². The first-order valence-corrected chi connectivity index (χ1v) is 5.79. The summed E-state index contributed by atoms with van der Waals surface area (Å²) in [6.07, 6.45) is -0.851. The van der Waals surface area contributed by atoms with Gasteiger partial charge in [0.15, 0.2) is 0 Å². The monoisotopic (exact) mass is 259 g/mol. The number of carbonyl (C=O) groups excluding carboxylic acids is 3. The number of amides is 2. The van der Waals surface area contributed by atoms with Crippen molar-refractivity contribution in [3.05, 3.63) is 0 Å². The minimum atomic E-state index is -1.00. The number of carbonyl (C=O) groups is 3. The Morgan fingerprint density at radius 2 is 1.72 bits per heavy atom. The van der Waals surface area contributed by atoms with Crippen LogP contribution in [-0.2, 0) is 19.1 Å². The summed E-state index contributed by atoms with van der Waals surface area (Å²) in [7, 11) is 0. The van der Waals surface area contributed by atoms with Crippen molar-refractivity contribution in [3.8, 4) is 0 Å². The fourth-order valence-corrected chi connectivity index (χ4v) is 1.24. The Hall–Kier alpha value is -1.59. The summed E-state index contributed by atoms with van der Waals surface area (Å²) in [4.78, 5) is 35.6. The molecule has 0 aliphatic rings. The number of esters is 1. The predicted octanol–water partition coefficient (Wildman–Crippen LogP) is 1.72. The summed E-state index contributed by atoms with van der Waals surface area (Å²) in [6, 6.07) is -1.00. The second-order valence-corrected chi connectivity index (χ2v) is 4.80. The highest BCUT2D eigenvalue weighted by atomic mass is 16.6. The Bertz CT molecular complexity index is 332. The molecule has 0 saturated heterocycles. The summed E-state index contributed by atoms with van der Waals surface area (Å²) in [6.45, 7) is 9.48. The van der Waals surface area contributed by atoms with Crippen molar-refractivity contribution in [3.63, 3.8) is 0 Å². The zero-order valence-corrected chi connectivity index (χ0v) is 11.8. The Morgan fingerprint density at radius 1 is 1.22 bits per heavy atom. The van der Waals surface area contributed by atoms with Crippen molar-refractivity contribution >= 4 is 18.0 Å². The molecule has 0 saturated carbocycles. The average Bonchev–Trinajstić information content (AvgIpc) is 2.14. The Balaban J connectivity index is 4.92. The van der Waals surface area contributed by atoms with E-state index >= 15 is 0 Å². The molecule has 0 N–H and O–H groups in total. The molecule has 0 spiro atoms. The van der Waals surface area contributed by atoms with E-state index < -0.39 is 29.6 Å². The summed E-state index contributed by atoms with van der Waals surface area (Å²) < 4.78 is 9.84. The van der Waals surface area contributed by atoms with Crippen LogP contribution in [0, 0.1) is 0 Å². The van der Waals surface area contributed by atoms with Crippen molar-refractivity contribution in [2.45, 2.75) is 53.2 Å². The molecule has 104 valence electrons. The molecule has 6 heteroatoms. The Morgan fingerprint density at radius 3 is 2.06 bits per heavy atom. The van der Waals surface area contributed by atoms with Gasteiger partial charge in [-0.2, -0.15) is 0 Å². The molecule has 0 rings (SSSR count). The van der Waals surface area contributed by atoms with Crippen molar-refractivity contribution in [1.29, 1.82) is 0 Å². The lowest BCUT2D eigenvalue weighted by atomic mass is 10.2. The van der Waals surface area contributed by atoms with Gasteiger partial charge in [0, 0.05) is 6.92 Å². The highest BCUT2D eigenvalue weighted by Gasteiger charge is 2.33. The van der Waals surface area contributed by atoms with Gasteiger partial charge < -0.3 is 9.47 Å². The Kier molecular flexibility index (Phi) is 5.81. The van der Waals surface area contributed by atoms with Crippen LogP contribution in [0.15, 0.2) is 0 Å². The van der Waals surface area contributed by atoms with Gasteiger partial charge in [0.05, 0.1) is 6.61 Å². The fourth-order valence-electron chi connectivity index (χ4n) is 1.24. The third-order valence-electron chi connectivity index (χ3n) is 1.94. The number of nitrogens with zero attached hydrogens (tertiary/aromatic N) is 1. The molecular weight excluding hydrogens is 238 g/mol. The lowest BCUT2D eigenvalue weighted by Crippen LogP contribution is -2.48. The number of imide groups is 1. The molecule has 0 aliphatic heterocycles. The molecule has 0 aromatic rings. The van der Waals surface area contributed by atoms with E-state index in [2.05, 4.69) is 0 Å². The normalized spacial score (nSPS) is 12.6. The van der Waals surface area contributed by atoms with Crippen LogP contribution >= 0.6 is 0 Å². The van der Waals surface area contributed by atoms with Gasteiger partial charge in [0.1, 0.15) is 11.6 Å². The summed E-state index contributed by atoms with van der Waals surface area (Å²) in [5, 5.41) is 0. The molecule has 18 heavy (non-hydrogen) atoms. The summed E-state index contributed by atoms with van der Waals surface area (Å²) in [5.74, 6) is -1.21. The highest BCUT2D eigenvalue weighted by Crippen LogP contribution is 2.13. The van der Waals surface area contributed by atoms with E-state index in [0.29, 0.717) is 0 Å². The van der Waals surface area contributed by atoms with E-state index in [-0.39, 0.29) is 6.61 Å². The minimum Gasteiger partial charge on any atom is -0.464 e. The standard InChI is InChI=1S/C12H21NO5/c1-7-17-10(15)8(2)13(9(3)14)11(16)18-12(4,5)6/h8H,7H2,1-6H3. The van der Waals surface area contributed by atoms with Gasteiger partial charge in [-0.25, -0.2) is 14.5 Å². The van der Waals surface area contributed by atoms with Gasteiger partial charge >= 0.3 is 12.1 Å². The van der Waals surface area contributed by atoms with Crippen LogP contribution in [0.1, 0.15) is 41.5 Å². The maximum Gasteiger partial charge on any atom is 0.417 e. The van der Waals surface area contributed by atoms with Crippen LogP contribution in [-0.4, -0.2) is 41.1 Å². The number of hydrogen-bond donors (Lipinski definition) is 0. The number of hydrogen-bond acceptors (Lipinski definition) is 5. The molecule has 0 radical (unpaired) electrons. The molecule has 0 aromatic carbocycles. The van der Waals surface area contributed by atoms with Crippen LogP contribution in [0.3, 0.4) is 0 Å². The third-order valence-corrected chi connectivity index (χ3v) is 1.94. The number of rotatable bonds is 3. The molecule has 0 bridgehead atoms. The first kappa shape index (κ1) is 16.4. The zero-order chi connectivity index (χ0) is 14.5. The van der Waals surface area contributed by atoms with E-state index in [1.807, 2.05) is 0 Å². The van der Waals surface area contributed by atoms with E-state index in [9.17, 15) is 14.4 Å². The lowest BCUT2D eigenvalue weighted by Gasteiger charge is -2.28. The average molecular weight is 259 g/mol. The van der Waals surface area contributed by atoms with E-state index in [0.717, 1.165) is 4.90 Å². The largest absolute Gasteiger partial charge is 0.464 e. The molecule has 1 unspecified atom stereocenters. The van der Waals surface area contributed by atoms with Gasteiger partial charge in [-0.3, -0.25) is 4.79 Å². The molecule has 1 atom stereocenters. The van der Waals surface area contributed by atoms with Crippen molar-refractivity contribution in [2.75, 3.05) is 6.61 Å². The van der Waals surface area contributed by atoms with E-state index in [4.69, 9.17) is 9.47 Å². The molecule has 2 amide bonds. The van der Waals surface area contributed by atoms with Crippen LogP contribution in [0.2, 0.25) is 0 Å². The van der Waals surface area contributed by atoms with E-state index in [1.54, 1.807) is 27.7 Å². The Labute approximate surface area is 107 Å². The smallest absolute Gasteiger partial charge is 0.417 e. The third kappa shape index (κ3) is 5.16. The van der Waals surface area contributed by atoms with Gasteiger partial charge in [0.25, 0.3) is 0 Å².